The molecule has 1 aliphatic heterocycles. The van der Waals surface area contributed by atoms with E-state index < -0.39 is 16.1 Å². The van der Waals surface area contributed by atoms with Gasteiger partial charge in [-0.1, -0.05) is 54.1 Å². The van der Waals surface area contributed by atoms with Gasteiger partial charge in [0.1, 0.15) is 10.3 Å². The Morgan fingerprint density at radius 1 is 1.06 bits per heavy atom. The van der Waals surface area contributed by atoms with Crippen molar-refractivity contribution in [2.75, 3.05) is 31.1 Å². The van der Waals surface area contributed by atoms with Crippen molar-refractivity contribution in [1.82, 2.24) is 9.62 Å². The fourth-order valence-electron chi connectivity index (χ4n) is 4.00. The SMILES string of the molecule is Cc1ccc(Cl)cc1N1CCN(C(=O)[C@@H](Cc2ccccc2)NS(=O)(=O)c2cccs2)CC1. The largest absolute Gasteiger partial charge is 0.368 e. The number of aryl methyl sites for hydroxylation is 1. The summed E-state index contributed by atoms with van der Waals surface area (Å²) in [6.45, 7) is 4.37. The first-order chi connectivity index (χ1) is 15.8. The Morgan fingerprint density at radius 3 is 2.45 bits per heavy atom. The number of piperazine rings is 1. The van der Waals surface area contributed by atoms with Gasteiger partial charge >= 0.3 is 0 Å². The predicted octanol–water partition coefficient (Wildman–Crippen LogP) is 3.95. The summed E-state index contributed by atoms with van der Waals surface area (Å²) in [4.78, 5) is 17.4. The number of carbonyl (C=O) groups is 1. The molecule has 1 aromatic heterocycles. The van der Waals surface area contributed by atoms with Gasteiger partial charge in [0.2, 0.25) is 5.91 Å². The summed E-state index contributed by atoms with van der Waals surface area (Å²) in [5.41, 5.74) is 3.09. The van der Waals surface area contributed by atoms with Crippen molar-refractivity contribution in [3.63, 3.8) is 0 Å². The fourth-order valence-corrected chi connectivity index (χ4v) is 6.37. The molecule has 33 heavy (non-hydrogen) atoms. The van der Waals surface area contributed by atoms with Crippen LogP contribution in [0.3, 0.4) is 0 Å². The lowest BCUT2D eigenvalue weighted by Gasteiger charge is -2.38. The topological polar surface area (TPSA) is 69.7 Å². The zero-order valence-corrected chi connectivity index (χ0v) is 20.7. The molecule has 1 aliphatic rings. The first kappa shape index (κ1) is 23.8. The number of carbonyl (C=O) groups excluding carboxylic acids is 1. The number of hydrogen-bond donors (Lipinski definition) is 1. The van der Waals surface area contributed by atoms with Crippen molar-refractivity contribution >= 4 is 44.6 Å². The Hall–Kier alpha value is -2.39. The Labute approximate surface area is 203 Å². The van der Waals surface area contributed by atoms with Crippen LogP contribution in [0.15, 0.2) is 70.3 Å². The number of hydrogen-bond acceptors (Lipinski definition) is 5. The molecule has 0 spiro atoms. The number of anilines is 1. The Kier molecular flexibility index (Phi) is 7.38. The number of nitrogens with zero attached hydrogens (tertiary/aromatic N) is 2. The summed E-state index contributed by atoms with van der Waals surface area (Å²) >= 11 is 7.32. The minimum absolute atomic E-state index is 0.203. The second-order valence-electron chi connectivity index (χ2n) is 8.04. The standard InChI is InChI=1S/C24H26ClN3O3S2/c1-18-9-10-20(25)17-22(18)27-11-13-28(14-12-27)24(29)21(16-19-6-3-2-4-7-19)26-33(30,31)23-8-5-15-32-23/h2-10,15,17,21,26H,11-14,16H2,1H3/t21-/m1/s1. The molecule has 0 unspecified atom stereocenters. The van der Waals surface area contributed by atoms with E-state index in [4.69, 9.17) is 11.6 Å². The van der Waals surface area contributed by atoms with E-state index in [0.29, 0.717) is 31.2 Å². The van der Waals surface area contributed by atoms with E-state index in [1.165, 1.54) is 0 Å². The molecule has 3 aromatic rings. The highest BCUT2D eigenvalue weighted by molar-refractivity contribution is 7.91. The lowest BCUT2D eigenvalue weighted by Crippen LogP contribution is -2.55. The third-order valence-corrected chi connectivity index (χ3v) is 8.85. The summed E-state index contributed by atoms with van der Waals surface area (Å²) in [5, 5.41) is 2.39. The quantitative estimate of drug-likeness (QED) is 0.530. The highest BCUT2D eigenvalue weighted by Gasteiger charge is 2.32. The van der Waals surface area contributed by atoms with E-state index in [0.717, 1.165) is 28.2 Å². The molecule has 0 bridgehead atoms. The minimum atomic E-state index is -3.79. The van der Waals surface area contributed by atoms with E-state index in [1.54, 1.807) is 22.4 Å². The van der Waals surface area contributed by atoms with Gasteiger partial charge in [-0.05, 0) is 48.1 Å². The Bertz CT molecular complexity index is 1190. The first-order valence-electron chi connectivity index (χ1n) is 10.7. The molecule has 174 valence electrons. The van der Waals surface area contributed by atoms with Gasteiger partial charge in [-0.25, -0.2) is 8.42 Å². The van der Waals surface area contributed by atoms with E-state index >= 15 is 0 Å². The molecule has 1 N–H and O–H groups in total. The van der Waals surface area contributed by atoms with Crippen LogP contribution in [0.5, 0.6) is 0 Å². The summed E-state index contributed by atoms with van der Waals surface area (Å²) < 4.78 is 28.7. The van der Waals surface area contributed by atoms with Crippen molar-refractivity contribution < 1.29 is 13.2 Å². The molecule has 0 radical (unpaired) electrons. The van der Waals surface area contributed by atoms with Crippen molar-refractivity contribution in [3.05, 3.63) is 82.2 Å². The monoisotopic (exact) mass is 503 g/mol. The molecule has 0 saturated carbocycles. The lowest BCUT2D eigenvalue weighted by molar-refractivity contribution is -0.133. The maximum Gasteiger partial charge on any atom is 0.250 e. The van der Waals surface area contributed by atoms with Crippen LogP contribution in [0.25, 0.3) is 0 Å². The Balaban J connectivity index is 1.50. The van der Waals surface area contributed by atoms with Crippen LogP contribution >= 0.6 is 22.9 Å². The average Bonchev–Trinajstić information content (AvgIpc) is 3.37. The van der Waals surface area contributed by atoms with Crippen LogP contribution in [0.1, 0.15) is 11.1 Å². The van der Waals surface area contributed by atoms with Crippen molar-refractivity contribution in [3.8, 4) is 0 Å². The lowest BCUT2D eigenvalue weighted by atomic mass is 10.1. The number of halogens is 1. The molecule has 1 atom stereocenters. The van der Waals surface area contributed by atoms with Crippen molar-refractivity contribution in [2.45, 2.75) is 23.6 Å². The number of amides is 1. The van der Waals surface area contributed by atoms with Crippen molar-refractivity contribution in [2.24, 2.45) is 0 Å². The van der Waals surface area contributed by atoms with Gasteiger partial charge in [0.25, 0.3) is 10.0 Å². The fraction of sp³-hybridized carbons (Fsp3) is 0.292. The van der Waals surface area contributed by atoms with E-state index in [1.807, 2.05) is 55.5 Å². The van der Waals surface area contributed by atoms with Gasteiger partial charge in [0.05, 0.1) is 0 Å². The molecule has 4 rings (SSSR count). The van der Waals surface area contributed by atoms with Crippen LogP contribution < -0.4 is 9.62 Å². The Morgan fingerprint density at radius 2 is 1.79 bits per heavy atom. The number of thiophene rings is 1. The van der Waals surface area contributed by atoms with Gasteiger partial charge in [-0.2, -0.15) is 4.72 Å². The van der Waals surface area contributed by atoms with Crippen LogP contribution in [0, 0.1) is 6.92 Å². The first-order valence-corrected chi connectivity index (χ1v) is 13.5. The molecule has 9 heteroatoms. The van der Waals surface area contributed by atoms with E-state index in [9.17, 15) is 13.2 Å². The molecule has 2 aromatic carbocycles. The summed E-state index contributed by atoms with van der Waals surface area (Å²) in [6.07, 6.45) is 0.290. The molecule has 1 fully saturated rings. The van der Waals surface area contributed by atoms with E-state index in [-0.39, 0.29) is 16.5 Å². The second kappa shape index (κ2) is 10.3. The molecule has 1 amide bonds. The van der Waals surface area contributed by atoms with Crippen LogP contribution in [0.2, 0.25) is 5.02 Å². The number of sulfonamides is 1. The molecular weight excluding hydrogens is 478 g/mol. The van der Waals surface area contributed by atoms with Gasteiger partial charge in [0, 0.05) is 36.9 Å². The minimum Gasteiger partial charge on any atom is -0.368 e. The number of nitrogens with one attached hydrogen (secondary N) is 1. The normalized spacial score (nSPS) is 15.5. The number of rotatable bonds is 7. The van der Waals surface area contributed by atoms with E-state index in [2.05, 4.69) is 9.62 Å². The summed E-state index contributed by atoms with van der Waals surface area (Å²) in [5.74, 6) is -0.207. The zero-order chi connectivity index (χ0) is 23.4. The third-order valence-electron chi connectivity index (χ3n) is 5.74. The summed E-state index contributed by atoms with van der Waals surface area (Å²) in [6, 6.07) is 17.6. The van der Waals surface area contributed by atoms with Gasteiger partial charge < -0.3 is 9.80 Å². The predicted molar refractivity (Wildman–Crippen MR) is 134 cm³/mol. The zero-order valence-electron chi connectivity index (χ0n) is 18.3. The third kappa shape index (κ3) is 5.76. The molecule has 0 aliphatic carbocycles. The number of benzene rings is 2. The highest BCUT2D eigenvalue weighted by atomic mass is 35.5. The molecular formula is C24H26ClN3O3S2. The van der Waals surface area contributed by atoms with Gasteiger partial charge in [-0.15, -0.1) is 11.3 Å². The molecule has 2 heterocycles. The van der Waals surface area contributed by atoms with Gasteiger partial charge in [-0.3, -0.25) is 4.79 Å². The van der Waals surface area contributed by atoms with Crippen LogP contribution in [0.4, 0.5) is 5.69 Å². The maximum absolute atomic E-state index is 13.5. The maximum atomic E-state index is 13.5. The van der Waals surface area contributed by atoms with Gasteiger partial charge in [0.15, 0.2) is 0 Å². The van der Waals surface area contributed by atoms with Crippen LogP contribution in [-0.2, 0) is 21.2 Å². The molecule has 6 nitrogen and oxygen atoms in total. The average molecular weight is 504 g/mol. The second-order valence-corrected chi connectivity index (χ2v) is 11.4. The van der Waals surface area contributed by atoms with Crippen LogP contribution in [-0.4, -0.2) is 51.4 Å². The van der Waals surface area contributed by atoms with Crippen molar-refractivity contribution in [1.29, 1.82) is 0 Å². The highest BCUT2D eigenvalue weighted by Crippen LogP contribution is 2.26. The smallest absolute Gasteiger partial charge is 0.250 e. The molecule has 1 saturated heterocycles. The summed E-state index contributed by atoms with van der Waals surface area (Å²) in [7, 11) is -3.79.